The Balaban J connectivity index is 2.03. The summed E-state index contributed by atoms with van der Waals surface area (Å²) in [4.78, 5) is 0. The molecule has 1 fully saturated rings. The van der Waals surface area contributed by atoms with Gasteiger partial charge in [-0.1, -0.05) is 37.3 Å². The number of nitrogens with zero attached hydrogens (tertiary/aromatic N) is 1. The van der Waals surface area contributed by atoms with E-state index in [9.17, 15) is 0 Å². The summed E-state index contributed by atoms with van der Waals surface area (Å²) in [5.41, 5.74) is 1.23. The lowest BCUT2D eigenvalue weighted by molar-refractivity contribution is 0.263. The largest absolute Gasteiger partial charge is 0.322 e. The number of benzene rings is 1. The van der Waals surface area contributed by atoms with E-state index in [1.165, 1.54) is 5.56 Å². The van der Waals surface area contributed by atoms with Crippen molar-refractivity contribution in [3.63, 3.8) is 0 Å². The molecule has 0 bridgehead atoms. The highest BCUT2D eigenvalue weighted by atomic mass is 35.7. The Morgan fingerprint density at radius 3 is 2.87 bits per heavy atom. The summed E-state index contributed by atoms with van der Waals surface area (Å²) in [6.07, 6.45) is 1.28. The summed E-state index contributed by atoms with van der Waals surface area (Å²) in [5, 5.41) is 0. The van der Waals surface area contributed by atoms with Gasteiger partial charge in [-0.25, -0.2) is 4.67 Å². The molecule has 82 valence electrons. The van der Waals surface area contributed by atoms with Crippen molar-refractivity contribution in [1.29, 1.82) is 0 Å². The molecule has 1 aliphatic heterocycles. The Labute approximate surface area is 96.9 Å². The van der Waals surface area contributed by atoms with Gasteiger partial charge in [-0.05, 0) is 23.2 Å². The predicted octanol–water partition coefficient (Wildman–Crippen LogP) is 3.94. The third-order valence-corrected chi connectivity index (χ3v) is 4.58. The molecule has 0 aromatic heterocycles. The van der Waals surface area contributed by atoms with E-state index in [-0.39, 0.29) is 6.10 Å². The molecule has 0 saturated carbocycles. The molecule has 0 aliphatic carbocycles. The lowest BCUT2D eigenvalue weighted by Crippen LogP contribution is -2.15. The van der Waals surface area contributed by atoms with Gasteiger partial charge in [0, 0.05) is 13.1 Å². The highest BCUT2D eigenvalue weighted by Gasteiger charge is 2.32. The predicted molar refractivity (Wildman–Crippen MR) is 64.9 cm³/mol. The molecule has 1 saturated heterocycles. The van der Waals surface area contributed by atoms with Crippen molar-refractivity contribution in [2.75, 3.05) is 13.1 Å². The Kier molecular flexibility index (Phi) is 3.99. The van der Waals surface area contributed by atoms with E-state index in [4.69, 9.17) is 15.8 Å². The number of halogens is 1. The molecule has 0 N–H and O–H groups in total. The molecule has 2 nitrogen and oxygen atoms in total. The van der Waals surface area contributed by atoms with Gasteiger partial charge in [0.05, 0.1) is 0 Å². The van der Waals surface area contributed by atoms with Crippen LogP contribution in [-0.2, 0) is 4.52 Å². The minimum atomic E-state index is -0.892. The Morgan fingerprint density at radius 2 is 2.20 bits per heavy atom. The van der Waals surface area contributed by atoms with Crippen LogP contribution in [0.25, 0.3) is 0 Å². The van der Waals surface area contributed by atoms with Crippen molar-refractivity contribution in [2.45, 2.75) is 19.4 Å². The quantitative estimate of drug-likeness (QED) is 0.746. The Morgan fingerprint density at radius 1 is 1.47 bits per heavy atom. The lowest BCUT2D eigenvalue weighted by Gasteiger charge is -2.13. The first-order chi connectivity index (χ1) is 7.31. The van der Waals surface area contributed by atoms with Crippen molar-refractivity contribution in [3.05, 3.63) is 35.9 Å². The molecule has 0 spiro atoms. The molecule has 2 atom stereocenters. The van der Waals surface area contributed by atoms with Crippen molar-refractivity contribution in [2.24, 2.45) is 0 Å². The molecule has 2 unspecified atom stereocenters. The van der Waals surface area contributed by atoms with Crippen LogP contribution in [-0.4, -0.2) is 17.8 Å². The fourth-order valence-electron chi connectivity index (χ4n) is 1.72. The van der Waals surface area contributed by atoms with E-state index in [0.29, 0.717) is 0 Å². The summed E-state index contributed by atoms with van der Waals surface area (Å²) < 4.78 is 8.00. The Bertz CT molecular complexity index is 309. The molecule has 1 heterocycles. The summed E-state index contributed by atoms with van der Waals surface area (Å²) in [7, 11) is -0.892. The first kappa shape index (κ1) is 11.3. The highest BCUT2D eigenvalue weighted by Crippen LogP contribution is 2.56. The normalized spacial score (nSPS) is 27.1. The number of hydrogen-bond donors (Lipinski definition) is 0. The summed E-state index contributed by atoms with van der Waals surface area (Å²) in [6, 6.07) is 10.3. The standard InChI is InChI=1S/C11H15ClNOP/c1-2-8-13-9-11(14-15(13)12)10-6-4-3-5-7-10/h3-7,11H,2,8-9H2,1H3. The summed E-state index contributed by atoms with van der Waals surface area (Å²) >= 11 is 6.17. The van der Waals surface area contributed by atoms with Crippen molar-refractivity contribution >= 4 is 18.9 Å². The maximum atomic E-state index is 6.17. The zero-order valence-corrected chi connectivity index (χ0v) is 10.4. The van der Waals surface area contributed by atoms with Gasteiger partial charge in [-0.15, -0.1) is 0 Å². The van der Waals surface area contributed by atoms with Crippen LogP contribution in [0.4, 0.5) is 0 Å². The third-order valence-electron chi connectivity index (χ3n) is 2.47. The number of hydrogen-bond acceptors (Lipinski definition) is 2. The monoisotopic (exact) mass is 243 g/mol. The van der Waals surface area contributed by atoms with E-state index in [2.05, 4.69) is 23.7 Å². The van der Waals surface area contributed by atoms with Crippen molar-refractivity contribution in [3.8, 4) is 0 Å². The number of rotatable bonds is 3. The smallest absolute Gasteiger partial charge is 0.207 e. The van der Waals surface area contributed by atoms with E-state index in [0.717, 1.165) is 19.5 Å². The fourth-order valence-corrected chi connectivity index (χ4v) is 3.59. The zero-order chi connectivity index (χ0) is 10.7. The Hall–Kier alpha value is -0.140. The minimum absolute atomic E-state index is 0.154. The van der Waals surface area contributed by atoms with Crippen LogP contribution < -0.4 is 0 Å². The third kappa shape index (κ3) is 2.70. The molecule has 1 aromatic carbocycles. The molecule has 1 aliphatic rings. The first-order valence-electron chi connectivity index (χ1n) is 5.23. The molecule has 15 heavy (non-hydrogen) atoms. The second-order valence-electron chi connectivity index (χ2n) is 3.64. The molecular formula is C11H15ClNOP. The van der Waals surface area contributed by atoms with Gasteiger partial charge in [0.25, 0.3) is 0 Å². The second kappa shape index (κ2) is 5.27. The van der Waals surface area contributed by atoms with Crippen molar-refractivity contribution in [1.82, 2.24) is 4.67 Å². The van der Waals surface area contributed by atoms with Crippen LogP contribution in [0.3, 0.4) is 0 Å². The van der Waals surface area contributed by atoms with Gasteiger partial charge in [0.15, 0.2) is 0 Å². The van der Waals surface area contributed by atoms with Crippen LogP contribution >= 0.6 is 18.9 Å². The highest BCUT2D eigenvalue weighted by molar-refractivity contribution is 7.78. The average molecular weight is 244 g/mol. The molecule has 1 aromatic rings. The summed E-state index contributed by atoms with van der Waals surface area (Å²) in [6.45, 7) is 4.11. The molecule has 0 amide bonds. The SMILES string of the molecule is CCCN1CC(c2ccccc2)OP1Cl. The molecule has 0 radical (unpaired) electrons. The van der Waals surface area contributed by atoms with Gasteiger partial charge < -0.3 is 4.52 Å². The van der Waals surface area contributed by atoms with Gasteiger partial charge in [0.2, 0.25) is 7.65 Å². The van der Waals surface area contributed by atoms with E-state index < -0.39 is 7.65 Å². The first-order valence-corrected chi connectivity index (χ1v) is 7.35. The topological polar surface area (TPSA) is 12.5 Å². The van der Waals surface area contributed by atoms with Gasteiger partial charge >= 0.3 is 0 Å². The van der Waals surface area contributed by atoms with Crippen LogP contribution in [0, 0.1) is 0 Å². The molecular weight excluding hydrogens is 229 g/mol. The van der Waals surface area contributed by atoms with Crippen LogP contribution in [0.2, 0.25) is 0 Å². The van der Waals surface area contributed by atoms with E-state index >= 15 is 0 Å². The van der Waals surface area contributed by atoms with E-state index in [1.807, 2.05) is 18.2 Å². The van der Waals surface area contributed by atoms with Crippen LogP contribution in [0.1, 0.15) is 25.0 Å². The van der Waals surface area contributed by atoms with Gasteiger partial charge in [-0.3, -0.25) is 0 Å². The fraction of sp³-hybridized carbons (Fsp3) is 0.455. The average Bonchev–Trinajstić information content (AvgIpc) is 2.63. The minimum Gasteiger partial charge on any atom is -0.322 e. The second-order valence-corrected chi connectivity index (χ2v) is 5.74. The van der Waals surface area contributed by atoms with E-state index in [1.54, 1.807) is 0 Å². The molecule has 2 rings (SSSR count). The van der Waals surface area contributed by atoms with Crippen molar-refractivity contribution < 1.29 is 4.52 Å². The van der Waals surface area contributed by atoms with Crippen LogP contribution in [0.15, 0.2) is 30.3 Å². The maximum Gasteiger partial charge on any atom is 0.207 e. The molecule has 4 heteroatoms. The van der Waals surface area contributed by atoms with Gasteiger partial charge in [-0.2, -0.15) is 0 Å². The van der Waals surface area contributed by atoms with Gasteiger partial charge in [0.1, 0.15) is 6.10 Å². The maximum absolute atomic E-state index is 6.17. The van der Waals surface area contributed by atoms with Crippen LogP contribution in [0.5, 0.6) is 0 Å². The zero-order valence-electron chi connectivity index (χ0n) is 8.77. The summed E-state index contributed by atoms with van der Waals surface area (Å²) in [5.74, 6) is 0. The lowest BCUT2D eigenvalue weighted by atomic mass is 10.1.